The van der Waals surface area contributed by atoms with Crippen molar-refractivity contribution in [2.45, 2.75) is 25.7 Å². The number of hydrogen-bond acceptors (Lipinski definition) is 5. The van der Waals surface area contributed by atoms with E-state index in [-0.39, 0.29) is 11.8 Å². The third-order valence-corrected chi connectivity index (χ3v) is 3.85. The highest BCUT2D eigenvalue weighted by molar-refractivity contribution is 6.08. The van der Waals surface area contributed by atoms with E-state index in [9.17, 15) is 9.59 Å². The molecule has 21 heavy (non-hydrogen) atoms. The van der Waals surface area contributed by atoms with Crippen molar-refractivity contribution in [3.63, 3.8) is 0 Å². The zero-order valence-electron chi connectivity index (χ0n) is 11.3. The van der Waals surface area contributed by atoms with E-state index in [4.69, 9.17) is 8.94 Å². The number of carbonyl (C=O) groups excluding carboxylic acids is 2. The summed E-state index contributed by atoms with van der Waals surface area (Å²) in [5.74, 6) is -0.246. The van der Waals surface area contributed by atoms with Crippen LogP contribution >= 0.6 is 0 Å². The van der Waals surface area contributed by atoms with Crippen LogP contribution in [0.4, 0.5) is 0 Å². The van der Waals surface area contributed by atoms with Crippen LogP contribution in [0.3, 0.4) is 0 Å². The number of fused-ring (bicyclic) bond motifs is 3. The molecule has 0 spiro atoms. The molecule has 0 aliphatic carbocycles. The summed E-state index contributed by atoms with van der Waals surface area (Å²) in [6.45, 7) is 1.87. The first-order chi connectivity index (χ1) is 10.1. The van der Waals surface area contributed by atoms with Gasteiger partial charge >= 0.3 is 0 Å². The highest BCUT2D eigenvalue weighted by Gasteiger charge is 2.32. The van der Waals surface area contributed by atoms with E-state index < -0.39 is 5.92 Å². The summed E-state index contributed by atoms with van der Waals surface area (Å²) < 4.78 is 10.9. The summed E-state index contributed by atoms with van der Waals surface area (Å²) in [5.41, 5.74) is 1.92. The zero-order valence-corrected chi connectivity index (χ0v) is 11.3. The third kappa shape index (κ3) is 1.75. The van der Waals surface area contributed by atoms with Gasteiger partial charge in [0.1, 0.15) is 17.0 Å². The maximum Gasteiger partial charge on any atom is 0.235 e. The van der Waals surface area contributed by atoms with Gasteiger partial charge in [0.25, 0.3) is 0 Å². The van der Waals surface area contributed by atoms with Gasteiger partial charge in [0.05, 0.1) is 11.3 Å². The Bertz CT molecular complexity index is 890. The summed E-state index contributed by atoms with van der Waals surface area (Å²) in [4.78, 5) is 23.3. The molecule has 0 saturated carbocycles. The molecular weight excluding hydrogens is 272 g/mol. The predicted molar refractivity (Wildman–Crippen MR) is 73.6 cm³/mol. The number of carbonyl (C=O) groups is 2. The second-order valence-electron chi connectivity index (χ2n) is 5.28. The van der Waals surface area contributed by atoms with E-state index in [1.807, 2.05) is 19.1 Å². The average molecular weight is 284 g/mol. The second-order valence-corrected chi connectivity index (χ2v) is 5.28. The summed E-state index contributed by atoms with van der Waals surface area (Å²) in [7, 11) is 0. The summed E-state index contributed by atoms with van der Waals surface area (Å²) in [6, 6.07) is 5.51. The lowest BCUT2D eigenvalue weighted by atomic mass is 9.92. The molecule has 1 saturated heterocycles. The molecule has 3 aromatic rings. The normalized spacial score (nSPS) is 19.4. The van der Waals surface area contributed by atoms with Crippen LogP contribution in [0.15, 0.2) is 27.1 Å². The zero-order chi connectivity index (χ0) is 14.6. The van der Waals surface area contributed by atoms with Crippen LogP contribution < -0.4 is 5.32 Å². The molecule has 0 radical (unpaired) electrons. The topological polar surface area (TPSA) is 85.3 Å². The SMILES string of the molecule is Cc1cc2c(ccc3onc([C@H]4CCC(=O)NC4=O)c32)o1. The number of furan rings is 1. The molecule has 6 heteroatoms. The van der Waals surface area contributed by atoms with Crippen molar-refractivity contribution in [2.75, 3.05) is 0 Å². The van der Waals surface area contributed by atoms with Crippen molar-refractivity contribution in [3.8, 4) is 0 Å². The molecule has 0 bridgehead atoms. The molecule has 106 valence electrons. The van der Waals surface area contributed by atoms with Gasteiger partial charge in [-0.1, -0.05) is 5.16 Å². The van der Waals surface area contributed by atoms with Crippen molar-refractivity contribution >= 4 is 33.8 Å². The Morgan fingerprint density at radius 1 is 1.29 bits per heavy atom. The lowest BCUT2D eigenvalue weighted by Gasteiger charge is -2.18. The van der Waals surface area contributed by atoms with Gasteiger partial charge in [0.2, 0.25) is 11.8 Å². The summed E-state index contributed by atoms with van der Waals surface area (Å²) in [6.07, 6.45) is 0.755. The highest BCUT2D eigenvalue weighted by Crippen LogP contribution is 2.36. The molecule has 1 aliphatic heterocycles. The van der Waals surface area contributed by atoms with Gasteiger partial charge in [-0.3, -0.25) is 14.9 Å². The molecule has 1 atom stereocenters. The number of aromatic nitrogens is 1. The van der Waals surface area contributed by atoms with Crippen molar-refractivity contribution in [1.82, 2.24) is 10.5 Å². The molecule has 0 unspecified atom stereocenters. The maximum absolute atomic E-state index is 12.1. The van der Waals surface area contributed by atoms with Gasteiger partial charge in [-0.15, -0.1) is 0 Å². The quantitative estimate of drug-likeness (QED) is 0.693. The molecule has 6 nitrogen and oxygen atoms in total. The molecule has 1 fully saturated rings. The Morgan fingerprint density at radius 3 is 2.90 bits per heavy atom. The number of nitrogens with one attached hydrogen (secondary N) is 1. The number of piperidine rings is 1. The van der Waals surface area contributed by atoms with Gasteiger partial charge in [-0.25, -0.2) is 0 Å². The molecule has 1 aromatic carbocycles. The fourth-order valence-electron chi connectivity index (χ4n) is 2.90. The molecule has 3 heterocycles. The second kappa shape index (κ2) is 4.18. The minimum Gasteiger partial charge on any atom is -0.461 e. The first-order valence-corrected chi connectivity index (χ1v) is 6.75. The number of benzene rings is 1. The van der Waals surface area contributed by atoms with E-state index in [0.717, 1.165) is 22.1 Å². The number of amides is 2. The Balaban J connectivity index is 1.94. The average Bonchev–Trinajstić information content (AvgIpc) is 3.00. The minimum absolute atomic E-state index is 0.242. The number of imide groups is 1. The van der Waals surface area contributed by atoms with Crippen LogP contribution in [0.1, 0.15) is 30.2 Å². The van der Waals surface area contributed by atoms with Crippen molar-refractivity contribution < 1.29 is 18.5 Å². The Labute approximate surface area is 119 Å². The summed E-state index contributed by atoms with van der Waals surface area (Å²) in [5, 5.41) is 8.09. The predicted octanol–water partition coefficient (Wildman–Crippen LogP) is 2.40. The number of aryl methyl sites for hydroxylation is 1. The smallest absolute Gasteiger partial charge is 0.235 e. The first kappa shape index (κ1) is 12.1. The molecular formula is C15H12N2O4. The van der Waals surface area contributed by atoms with Crippen LogP contribution in [0, 0.1) is 6.92 Å². The highest BCUT2D eigenvalue weighted by atomic mass is 16.5. The first-order valence-electron chi connectivity index (χ1n) is 6.75. The van der Waals surface area contributed by atoms with Crippen LogP contribution in [-0.4, -0.2) is 17.0 Å². The molecule has 4 rings (SSSR count). The van der Waals surface area contributed by atoms with E-state index in [1.165, 1.54) is 0 Å². The molecule has 2 amide bonds. The fraction of sp³-hybridized carbons (Fsp3) is 0.267. The molecule has 1 N–H and O–H groups in total. The van der Waals surface area contributed by atoms with E-state index in [0.29, 0.717) is 24.1 Å². The molecule has 2 aromatic heterocycles. The van der Waals surface area contributed by atoms with Gasteiger partial charge in [0.15, 0.2) is 5.58 Å². The third-order valence-electron chi connectivity index (χ3n) is 3.85. The Hall–Kier alpha value is -2.63. The van der Waals surface area contributed by atoms with E-state index in [1.54, 1.807) is 6.07 Å². The lowest BCUT2D eigenvalue weighted by Crippen LogP contribution is -2.39. The largest absolute Gasteiger partial charge is 0.461 e. The monoisotopic (exact) mass is 284 g/mol. The van der Waals surface area contributed by atoms with Gasteiger partial charge in [0, 0.05) is 11.8 Å². The number of hydrogen-bond donors (Lipinski definition) is 1. The standard InChI is InChI=1S/C15H12N2O4/c1-7-6-9-10(20-7)3-4-11-13(9)14(17-21-11)8-2-5-12(18)16-15(8)19/h3-4,6,8H,2,5H2,1H3,(H,16,18,19)/t8-/m1/s1. The Kier molecular flexibility index (Phi) is 2.42. The van der Waals surface area contributed by atoms with Crippen LogP contribution in [-0.2, 0) is 9.59 Å². The fourth-order valence-corrected chi connectivity index (χ4v) is 2.90. The Morgan fingerprint density at radius 2 is 2.10 bits per heavy atom. The van der Waals surface area contributed by atoms with E-state index in [2.05, 4.69) is 10.5 Å². The lowest BCUT2D eigenvalue weighted by molar-refractivity contribution is -0.134. The van der Waals surface area contributed by atoms with Crippen LogP contribution in [0.25, 0.3) is 21.9 Å². The van der Waals surface area contributed by atoms with Gasteiger partial charge in [-0.05, 0) is 31.5 Å². The van der Waals surface area contributed by atoms with Crippen molar-refractivity contribution in [2.24, 2.45) is 0 Å². The van der Waals surface area contributed by atoms with Crippen molar-refractivity contribution in [3.05, 3.63) is 29.7 Å². The van der Waals surface area contributed by atoms with Gasteiger partial charge < -0.3 is 8.94 Å². The van der Waals surface area contributed by atoms with Crippen LogP contribution in [0.5, 0.6) is 0 Å². The molecule has 1 aliphatic rings. The van der Waals surface area contributed by atoms with Gasteiger partial charge in [-0.2, -0.15) is 0 Å². The van der Waals surface area contributed by atoms with Crippen molar-refractivity contribution in [1.29, 1.82) is 0 Å². The minimum atomic E-state index is -0.468. The van der Waals surface area contributed by atoms with Crippen LogP contribution in [0.2, 0.25) is 0 Å². The van der Waals surface area contributed by atoms with E-state index >= 15 is 0 Å². The number of nitrogens with zero attached hydrogens (tertiary/aromatic N) is 1. The maximum atomic E-state index is 12.1. The number of rotatable bonds is 1. The summed E-state index contributed by atoms with van der Waals surface area (Å²) >= 11 is 0.